The van der Waals surface area contributed by atoms with Crippen LogP contribution in [-0.4, -0.2) is 90.2 Å². The van der Waals surface area contributed by atoms with Crippen LogP contribution in [0.1, 0.15) is 6.92 Å². The zero-order valence-corrected chi connectivity index (χ0v) is 31.1. The summed E-state index contributed by atoms with van der Waals surface area (Å²) in [7, 11) is 3.80. The summed E-state index contributed by atoms with van der Waals surface area (Å²) < 4.78 is 6.84. The van der Waals surface area contributed by atoms with Crippen molar-refractivity contribution in [3.05, 3.63) is 118 Å². The van der Waals surface area contributed by atoms with Crippen molar-refractivity contribution in [3.63, 3.8) is 0 Å². The van der Waals surface area contributed by atoms with Crippen molar-refractivity contribution in [3.8, 4) is 22.5 Å². The molecule has 8 aromatic rings. The molecule has 2 aromatic carbocycles. The molecule has 8 heterocycles. The average molecular weight is 735 g/mol. The van der Waals surface area contributed by atoms with Crippen LogP contribution in [0.4, 0.5) is 11.4 Å². The van der Waals surface area contributed by atoms with E-state index in [4.69, 9.17) is 9.97 Å². The Hall–Kier alpha value is -6.38. The maximum absolute atomic E-state index is 12.8. The van der Waals surface area contributed by atoms with E-state index in [1.807, 2.05) is 99.5 Å². The van der Waals surface area contributed by atoms with Crippen LogP contribution >= 0.6 is 0 Å². The van der Waals surface area contributed by atoms with Gasteiger partial charge in [-0.25, -0.2) is 9.97 Å². The van der Waals surface area contributed by atoms with Gasteiger partial charge in [0.25, 0.3) is 11.1 Å². The third-order valence-corrected chi connectivity index (χ3v) is 10.3. The molecule has 10 rings (SSSR count). The highest BCUT2D eigenvalue weighted by Crippen LogP contribution is 2.25. The minimum absolute atomic E-state index is 0.0710. The molecule has 2 aliphatic heterocycles. The first-order valence-corrected chi connectivity index (χ1v) is 18.6. The Labute approximate surface area is 316 Å². The standard InChI is InChI=1S/C21H22N6O.C20H20N6O/c1-14-11-26(8-7-22-14)17-4-6-20-23-19(10-21(28)27(20)13-17)15-3-5-18-16(9-15)12-25(2)24-18;1-24-12-15-10-14(2-4-17(15)23-24)18-11-20(27)26-13-16(3-5-19(26)22-18)25-8-6-21-7-9-25/h3-6,9-10,12-14,22H,7-8,11H2,1-2H3;2-5,10-13,21H,6-9H2,1H3/t14-;/m0./s1. The summed E-state index contributed by atoms with van der Waals surface area (Å²) in [6, 6.07) is 23.5. The highest BCUT2D eigenvalue weighted by atomic mass is 16.1. The molecule has 0 bridgehead atoms. The van der Waals surface area contributed by atoms with E-state index in [0.29, 0.717) is 28.7 Å². The van der Waals surface area contributed by atoms with Crippen LogP contribution in [0, 0.1) is 0 Å². The van der Waals surface area contributed by atoms with Crippen LogP contribution in [0.15, 0.2) is 107 Å². The van der Waals surface area contributed by atoms with Gasteiger partial charge < -0.3 is 20.4 Å². The van der Waals surface area contributed by atoms with Gasteiger partial charge in [0.1, 0.15) is 11.3 Å². The molecule has 0 unspecified atom stereocenters. The number of pyridine rings is 2. The molecule has 0 amide bonds. The highest BCUT2D eigenvalue weighted by Gasteiger charge is 2.17. The maximum Gasteiger partial charge on any atom is 0.258 e. The Morgan fingerprint density at radius 2 is 1.11 bits per heavy atom. The van der Waals surface area contributed by atoms with Gasteiger partial charge in [-0.2, -0.15) is 10.2 Å². The molecule has 2 saturated heterocycles. The summed E-state index contributed by atoms with van der Waals surface area (Å²) in [5.41, 5.74) is 8.32. The minimum Gasteiger partial charge on any atom is -0.368 e. The number of fused-ring (bicyclic) bond motifs is 4. The van der Waals surface area contributed by atoms with E-state index in [0.717, 1.165) is 90.1 Å². The highest BCUT2D eigenvalue weighted by molar-refractivity contribution is 5.84. The van der Waals surface area contributed by atoms with E-state index in [9.17, 15) is 9.59 Å². The van der Waals surface area contributed by atoms with Crippen LogP contribution in [-0.2, 0) is 14.1 Å². The SMILES string of the molecule is C[C@H]1CN(c2ccc3nc(-c4ccc5nn(C)cc5c4)cc(=O)n3c2)CCN1.Cn1cc2cc(-c3cc(=O)n4cc(N5CCNCC5)ccc4n3)ccc2n1. The molecule has 14 nitrogen and oxygen atoms in total. The second-order valence-corrected chi connectivity index (χ2v) is 14.4. The third kappa shape index (κ3) is 6.93. The van der Waals surface area contributed by atoms with Gasteiger partial charge in [-0.3, -0.25) is 27.8 Å². The number of hydrogen-bond acceptors (Lipinski definition) is 10. The molecule has 278 valence electrons. The average Bonchev–Trinajstić information content (AvgIpc) is 3.77. The van der Waals surface area contributed by atoms with Crippen LogP contribution in [0.2, 0.25) is 0 Å². The van der Waals surface area contributed by atoms with Gasteiger partial charge in [-0.15, -0.1) is 0 Å². The normalized spacial score (nSPS) is 16.2. The van der Waals surface area contributed by atoms with Gasteiger partial charge in [0.15, 0.2) is 0 Å². The van der Waals surface area contributed by atoms with E-state index in [2.05, 4.69) is 37.6 Å². The van der Waals surface area contributed by atoms with Gasteiger partial charge in [0.05, 0.1) is 33.8 Å². The molecular formula is C41H42N12O2. The fourth-order valence-corrected chi connectivity index (χ4v) is 7.56. The predicted octanol–water partition coefficient (Wildman–Crippen LogP) is 3.70. The van der Waals surface area contributed by atoms with Crippen molar-refractivity contribution in [1.82, 2.24) is 49.0 Å². The molecule has 6 aromatic heterocycles. The van der Waals surface area contributed by atoms with Crippen LogP contribution < -0.4 is 31.6 Å². The number of anilines is 2. The number of hydrogen-bond donors (Lipinski definition) is 2. The lowest BCUT2D eigenvalue weighted by molar-refractivity contribution is 0.484. The van der Waals surface area contributed by atoms with Crippen molar-refractivity contribution in [2.75, 3.05) is 55.6 Å². The molecule has 14 heteroatoms. The van der Waals surface area contributed by atoms with Crippen LogP contribution in [0.3, 0.4) is 0 Å². The topological polar surface area (TPSA) is 135 Å². The number of nitrogens with one attached hydrogen (secondary N) is 2. The lowest BCUT2D eigenvalue weighted by atomic mass is 10.1. The summed E-state index contributed by atoms with van der Waals surface area (Å²) in [4.78, 5) is 39.6. The van der Waals surface area contributed by atoms with Gasteiger partial charge >= 0.3 is 0 Å². The first-order chi connectivity index (χ1) is 26.7. The summed E-state index contributed by atoms with van der Waals surface area (Å²) in [5.74, 6) is 0. The second-order valence-electron chi connectivity index (χ2n) is 14.4. The third-order valence-electron chi connectivity index (χ3n) is 10.3. The van der Waals surface area contributed by atoms with Crippen molar-refractivity contribution in [1.29, 1.82) is 0 Å². The van der Waals surface area contributed by atoms with Crippen molar-refractivity contribution in [2.24, 2.45) is 14.1 Å². The predicted molar refractivity (Wildman–Crippen MR) is 217 cm³/mol. The number of benzene rings is 2. The summed E-state index contributed by atoms with van der Waals surface area (Å²) >= 11 is 0. The summed E-state index contributed by atoms with van der Waals surface area (Å²) in [6.45, 7) is 8.78. The molecule has 2 aliphatic rings. The van der Waals surface area contributed by atoms with Crippen molar-refractivity contribution >= 4 is 44.5 Å². The van der Waals surface area contributed by atoms with E-state index in [1.54, 1.807) is 30.3 Å². The van der Waals surface area contributed by atoms with Crippen LogP contribution in [0.25, 0.3) is 55.6 Å². The second kappa shape index (κ2) is 14.1. The van der Waals surface area contributed by atoms with Crippen molar-refractivity contribution < 1.29 is 0 Å². The van der Waals surface area contributed by atoms with Gasteiger partial charge in [0.2, 0.25) is 0 Å². The molecule has 0 saturated carbocycles. The monoisotopic (exact) mass is 734 g/mol. The largest absolute Gasteiger partial charge is 0.368 e. The molecular weight excluding hydrogens is 693 g/mol. The van der Waals surface area contributed by atoms with E-state index >= 15 is 0 Å². The Kier molecular flexibility index (Phi) is 8.83. The Morgan fingerprint density at radius 1 is 0.600 bits per heavy atom. The number of aromatic nitrogens is 8. The van der Waals surface area contributed by atoms with E-state index < -0.39 is 0 Å². The minimum atomic E-state index is -0.0729. The molecule has 0 spiro atoms. The van der Waals surface area contributed by atoms with Crippen molar-refractivity contribution in [2.45, 2.75) is 13.0 Å². The molecule has 2 fully saturated rings. The Balaban J connectivity index is 0.000000144. The quantitative estimate of drug-likeness (QED) is 0.276. The molecule has 0 aliphatic carbocycles. The van der Waals surface area contributed by atoms with Gasteiger partial charge in [-0.05, 0) is 55.5 Å². The lowest BCUT2D eigenvalue weighted by Crippen LogP contribution is -2.49. The Morgan fingerprint density at radius 3 is 1.64 bits per heavy atom. The fraction of sp³-hybridized carbons (Fsp3) is 0.268. The molecule has 1 atom stereocenters. The van der Waals surface area contributed by atoms with E-state index in [1.165, 1.54) is 0 Å². The number of aryl methyl sites for hydroxylation is 2. The zero-order chi connectivity index (χ0) is 37.6. The zero-order valence-electron chi connectivity index (χ0n) is 31.1. The summed E-state index contributed by atoms with van der Waals surface area (Å²) in [6.07, 6.45) is 7.72. The van der Waals surface area contributed by atoms with Gasteiger partial charge in [-0.1, -0.05) is 12.1 Å². The first kappa shape index (κ1) is 34.4. The number of nitrogens with zero attached hydrogens (tertiary/aromatic N) is 10. The molecule has 55 heavy (non-hydrogen) atoms. The number of piperazine rings is 2. The number of rotatable bonds is 4. The molecule has 2 N–H and O–H groups in total. The van der Waals surface area contributed by atoms with Gasteiger partial charge in [0, 0.05) is 125 Å². The lowest BCUT2D eigenvalue weighted by Gasteiger charge is -2.33. The smallest absolute Gasteiger partial charge is 0.258 e. The van der Waals surface area contributed by atoms with Crippen LogP contribution in [0.5, 0.6) is 0 Å². The van der Waals surface area contributed by atoms with E-state index in [-0.39, 0.29) is 11.1 Å². The first-order valence-electron chi connectivity index (χ1n) is 18.6. The molecule has 0 radical (unpaired) electrons. The maximum atomic E-state index is 12.8. The Bertz CT molecular complexity index is 2830. The fourth-order valence-electron chi connectivity index (χ4n) is 7.56. The summed E-state index contributed by atoms with van der Waals surface area (Å²) in [5, 5.41) is 17.6.